The molecular formula is C20H23F3N6O. The minimum absolute atomic E-state index is 0.0366. The molecule has 0 aliphatic heterocycles. The number of nitrogens with zero attached hydrogens (tertiary/aromatic N) is 3. The van der Waals surface area contributed by atoms with Crippen LogP contribution in [0.3, 0.4) is 0 Å². The van der Waals surface area contributed by atoms with Gasteiger partial charge in [0.05, 0.1) is 17.0 Å². The number of nitrogens with one attached hydrogen (secondary N) is 1. The van der Waals surface area contributed by atoms with Gasteiger partial charge < -0.3 is 16.8 Å². The number of hydrogen-bond donors (Lipinski definition) is 3. The molecule has 1 fully saturated rings. The van der Waals surface area contributed by atoms with Gasteiger partial charge in [0.25, 0.3) is 0 Å². The molecule has 0 aromatic carbocycles. The fourth-order valence-corrected chi connectivity index (χ4v) is 3.88. The molecule has 0 spiro atoms. The Morgan fingerprint density at radius 2 is 1.93 bits per heavy atom. The fourth-order valence-electron chi connectivity index (χ4n) is 3.88. The van der Waals surface area contributed by atoms with E-state index in [4.69, 9.17) is 11.5 Å². The Balaban J connectivity index is 1.62. The summed E-state index contributed by atoms with van der Waals surface area (Å²) in [6.45, 7) is 0. The van der Waals surface area contributed by atoms with Gasteiger partial charge in [0.15, 0.2) is 0 Å². The smallest absolute Gasteiger partial charge is 0.383 e. The van der Waals surface area contributed by atoms with Gasteiger partial charge in [0, 0.05) is 30.0 Å². The van der Waals surface area contributed by atoms with Gasteiger partial charge >= 0.3 is 6.36 Å². The van der Waals surface area contributed by atoms with Crippen LogP contribution in [0.1, 0.15) is 37.7 Å². The second-order valence-corrected chi connectivity index (χ2v) is 7.57. The van der Waals surface area contributed by atoms with Gasteiger partial charge in [-0.15, -0.1) is 13.2 Å². The number of fused-ring (bicyclic) bond motifs is 1. The van der Waals surface area contributed by atoms with E-state index in [0.29, 0.717) is 28.0 Å². The normalized spacial score (nSPS) is 24.7. The van der Waals surface area contributed by atoms with Crippen molar-refractivity contribution in [1.29, 1.82) is 0 Å². The molecule has 7 nitrogen and oxygen atoms in total. The molecule has 0 bridgehead atoms. The van der Waals surface area contributed by atoms with Gasteiger partial charge in [-0.3, -0.25) is 4.74 Å². The molecule has 30 heavy (non-hydrogen) atoms. The highest BCUT2D eigenvalue weighted by Gasteiger charge is 2.33. The van der Waals surface area contributed by atoms with Gasteiger partial charge in [-0.05, 0) is 24.8 Å². The van der Waals surface area contributed by atoms with Crippen molar-refractivity contribution in [3.63, 3.8) is 0 Å². The van der Waals surface area contributed by atoms with Crippen molar-refractivity contribution in [2.24, 2.45) is 5.73 Å². The van der Waals surface area contributed by atoms with Gasteiger partial charge in [-0.2, -0.15) is 0 Å². The first-order chi connectivity index (χ1) is 14.3. The molecule has 4 rings (SSSR count). The average Bonchev–Trinajstić information content (AvgIpc) is 2.70. The summed E-state index contributed by atoms with van der Waals surface area (Å²) < 4.78 is 41.4. The molecule has 2 aromatic heterocycles. The van der Waals surface area contributed by atoms with Crippen LogP contribution in [0.4, 0.5) is 24.9 Å². The van der Waals surface area contributed by atoms with Crippen molar-refractivity contribution < 1.29 is 17.9 Å². The Kier molecular flexibility index (Phi) is 5.61. The Morgan fingerprint density at radius 3 is 2.63 bits per heavy atom. The predicted molar refractivity (Wildman–Crippen MR) is 108 cm³/mol. The van der Waals surface area contributed by atoms with Crippen LogP contribution in [0.5, 0.6) is 0 Å². The van der Waals surface area contributed by atoms with E-state index < -0.39 is 12.5 Å². The number of ether oxygens (including phenoxy) is 1. The molecular weight excluding hydrogens is 397 g/mol. The lowest BCUT2D eigenvalue weighted by atomic mass is 9.91. The SMILES string of the molecule is Nc1ncc(C2=CCC(OC(F)(F)F)C=C2)c2nc(NC3CCCCC3N)ncc12. The van der Waals surface area contributed by atoms with Crippen LogP contribution in [0.2, 0.25) is 0 Å². The Hall–Kier alpha value is -2.72. The van der Waals surface area contributed by atoms with Crippen LogP contribution in [0.25, 0.3) is 16.5 Å². The maximum atomic E-state index is 12.4. The highest BCUT2D eigenvalue weighted by atomic mass is 19.4. The molecule has 5 N–H and O–H groups in total. The number of nitrogen functional groups attached to an aromatic ring is 1. The standard InChI is InChI=1S/C20H23F3N6O/c21-20(22,23)30-12-7-5-11(6-8-12)13-9-26-18(25)14-10-27-19(29-17(13)14)28-16-4-2-1-3-15(16)24/h5-7,9-10,12,15-16H,1-4,8,24H2,(H2,25,26)(H,27,28,29). The third-order valence-electron chi connectivity index (χ3n) is 5.44. The van der Waals surface area contributed by atoms with Crippen LogP contribution in [0.15, 0.2) is 30.6 Å². The number of rotatable bonds is 4. The Labute approximate surface area is 171 Å². The van der Waals surface area contributed by atoms with Crippen LogP contribution in [-0.4, -0.2) is 39.5 Å². The van der Waals surface area contributed by atoms with Gasteiger partial charge in [0.2, 0.25) is 5.95 Å². The monoisotopic (exact) mass is 420 g/mol. The van der Waals surface area contributed by atoms with Crippen molar-refractivity contribution in [3.05, 3.63) is 36.2 Å². The third-order valence-corrected chi connectivity index (χ3v) is 5.44. The number of pyridine rings is 1. The maximum absolute atomic E-state index is 12.4. The van der Waals surface area contributed by atoms with Gasteiger partial charge in [-0.25, -0.2) is 15.0 Å². The second-order valence-electron chi connectivity index (χ2n) is 7.57. The summed E-state index contributed by atoms with van der Waals surface area (Å²) in [7, 11) is 0. The van der Waals surface area contributed by atoms with E-state index in [-0.39, 0.29) is 24.3 Å². The maximum Gasteiger partial charge on any atom is 0.523 e. The number of allylic oxidation sites excluding steroid dienone is 2. The van der Waals surface area contributed by atoms with E-state index in [2.05, 4.69) is 25.0 Å². The number of hydrogen-bond acceptors (Lipinski definition) is 7. The molecule has 1 saturated carbocycles. The molecule has 2 aromatic rings. The van der Waals surface area contributed by atoms with Crippen LogP contribution < -0.4 is 16.8 Å². The zero-order valence-electron chi connectivity index (χ0n) is 16.2. The van der Waals surface area contributed by atoms with E-state index in [0.717, 1.165) is 25.7 Å². The fraction of sp³-hybridized carbons (Fsp3) is 0.450. The molecule has 0 amide bonds. The number of anilines is 2. The highest BCUT2D eigenvalue weighted by molar-refractivity contribution is 5.98. The zero-order chi connectivity index (χ0) is 21.3. The summed E-state index contributed by atoms with van der Waals surface area (Å²) in [6, 6.07) is 0.127. The lowest BCUT2D eigenvalue weighted by molar-refractivity contribution is -0.335. The van der Waals surface area contributed by atoms with E-state index in [9.17, 15) is 13.2 Å². The molecule has 0 saturated heterocycles. The third kappa shape index (κ3) is 4.54. The lowest BCUT2D eigenvalue weighted by Crippen LogP contribution is -2.42. The average molecular weight is 420 g/mol. The summed E-state index contributed by atoms with van der Waals surface area (Å²) in [5.74, 6) is 0.726. The Morgan fingerprint density at radius 1 is 1.13 bits per heavy atom. The zero-order valence-corrected chi connectivity index (χ0v) is 16.2. The van der Waals surface area contributed by atoms with E-state index in [1.165, 1.54) is 6.08 Å². The molecule has 10 heteroatoms. The van der Waals surface area contributed by atoms with Crippen LogP contribution in [0, 0.1) is 0 Å². The quantitative estimate of drug-likeness (QED) is 0.694. The minimum Gasteiger partial charge on any atom is -0.383 e. The molecule has 3 atom stereocenters. The van der Waals surface area contributed by atoms with Crippen LogP contribution >= 0.6 is 0 Å². The molecule has 2 aliphatic carbocycles. The number of alkyl halides is 3. The van der Waals surface area contributed by atoms with Crippen molar-refractivity contribution >= 4 is 28.2 Å². The first-order valence-electron chi connectivity index (χ1n) is 9.87. The molecule has 160 valence electrons. The lowest BCUT2D eigenvalue weighted by Gasteiger charge is -2.29. The van der Waals surface area contributed by atoms with Crippen molar-refractivity contribution in [2.45, 2.75) is 56.7 Å². The molecule has 0 radical (unpaired) electrons. The largest absolute Gasteiger partial charge is 0.523 e. The van der Waals surface area contributed by atoms with E-state index >= 15 is 0 Å². The molecule has 3 unspecified atom stereocenters. The van der Waals surface area contributed by atoms with Gasteiger partial charge in [-0.1, -0.05) is 31.1 Å². The second kappa shape index (κ2) is 8.19. The first kappa shape index (κ1) is 20.5. The summed E-state index contributed by atoms with van der Waals surface area (Å²) in [5, 5.41) is 3.89. The summed E-state index contributed by atoms with van der Waals surface area (Å²) >= 11 is 0. The summed E-state index contributed by atoms with van der Waals surface area (Å²) in [6.07, 6.45) is 6.28. The number of halogens is 3. The van der Waals surface area contributed by atoms with Crippen molar-refractivity contribution in [3.8, 4) is 0 Å². The number of nitrogens with two attached hydrogens (primary N) is 2. The van der Waals surface area contributed by atoms with Crippen molar-refractivity contribution in [1.82, 2.24) is 15.0 Å². The first-order valence-corrected chi connectivity index (χ1v) is 9.87. The van der Waals surface area contributed by atoms with Gasteiger partial charge in [0.1, 0.15) is 5.82 Å². The highest BCUT2D eigenvalue weighted by Crippen LogP contribution is 2.32. The van der Waals surface area contributed by atoms with E-state index in [1.807, 2.05) is 0 Å². The van der Waals surface area contributed by atoms with Crippen molar-refractivity contribution in [2.75, 3.05) is 11.1 Å². The summed E-state index contributed by atoms with van der Waals surface area (Å²) in [4.78, 5) is 13.2. The predicted octanol–water partition coefficient (Wildman–Crippen LogP) is 3.54. The Bertz CT molecular complexity index is 990. The van der Waals surface area contributed by atoms with E-state index in [1.54, 1.807) is 24.5 Å². The molecule has 2 heterocycles. The molecule has 2 aliphatic rings. The number of aromatic nitrogens is 3. The van der Waals surface area contributed by atoms with Crippen LogP contribution in [-0.2, 0) is 4.74 Å². The summed E-state index contributed by atoms with van der Waals surface area (Å²) in [5.41, 5.74) is 14.1. The minimum atomic E-state index is -4.68. The topological polar surface area (TPSA) is 112 Å².